The van der Waals surface area contributed by atoms with Gasteiger partial charge in [0.2, 0.25) is 0 Å². The molecule has 2 aromatic rings. The zero-order valence-corrected chi connectivity index (χ0v) is 12.7. The Morgan fingerprint density at radius 3 is 2.71 bits per heavy atom. The van der Waals surface area contributed by atoms with Gasteiger partial charge in [-0.2, -0.15) is 0 Å². The third-order valence-corrected chi connectivity index (χ3v) is 3.53. The first-order valence-corrected chi connectivity index (χ1v) is 7.24. The van der Waals surface area contributed by atoms with E-state index in [4.69, 9.17) is 0 Å². The van der Waals surface area contributed by atoms with Gasteiger partial charge in [0.15, 0.2) is 0 Å². The summed E-state index contributed by atoms with van der Waals surface area (Å²) in [6, 6.07) is 8.53. The molecule has 21 heavy (non-hydrogen) atoms. The van der Waals surface area contributed by atoms with Gasteiger partial charge in [0.25, 0.3) is 5.56 Å². The molecular weight excluding hydrogens is 267 g/mol. The number of rotatable bonds is 5. The lowest BCUT2D eigenvalue weighted by atomic mass is 10.1. The van der Waals surface area contributed by atoms with Crippen molar-refractivity contribution >= 4 is 5.69 Å². The smallest absolute Gasteiger partial charge is 0.250 e. The zero-order chi connectivity index (χ0) is 15.4. The van der Waals surface area contributed by atoms with E-state index < -0.39 is 0 Å². The number of benzene rings is 1. The molecule has 0 spiro atoms. The molecule has 0 aliphatic carbocycles. The number of anilines is 1. The number of nitrogens with zero attached hydrogens (tertiary/aromatic N) is 1. The van der Waals surface area contributed by atoms with Gasteiger partial charge in [-0.3, -0.25) is 4.79 Å². The molecule has 0 saturated carbocycles. The lowest BCUT2D eigenvalue weighted by molar-refractivity contribution is 0.614. The minimum atomic E-state index is -0.197. The maximum atomic E-state index is 13.6. The first-order valence-electron chi connectivity index (χ1n) is 7.24. The van der Waals surface area contributed by atoms with Gasteiger partial charge in [-0.25, -0.2) is 4.39 Å². The van der Waals surface area contributed by atoms with Gasteiger partial charge in [-0.05, 0) is 43.5 Å². The summed E-state index contributed by atoms with van der Waals surface area (Å²) < 4.78 is 15.3. The third kappa shape index (κ3) is 3.72. The molecule has 2 rings (SSSR count). The predicted octanol–water partition coefficient (Wildman–Crippen LogP) is 3.88. The Kier molecular flexibility index (Phi) is 4.78. The summed E-state index contributed by atoms with van der Waals surface area (Å²) >= 11 is 0. The third-order valence-electron chi connectivity index (χ3n) is 3.53. The van der Waals surface area contributed by atoms with Gasteiger partial charge in [-0.15, -0.1) is 0 Å². The second-order valence-corrected chi connectivity index (χ2v) is 5.32. The largest absolute Gasteiger partial charge is 0.377 e. The quantitative estimate of drug-likeness (QED) is 0.906. The summed E-state index contributed by atoms with van der Waals surface area (Å²) in [7, 11) is 0. The molecule has 0 saturated heterocycles. The van der Waals surface area contributed by atoms with Crippen molar-refractivity contribution in [3.05, 3.63) is 63.8 Å². The van der Waals surface area contributed by atoms with Gasteiger partial charge < -0.3 is 9.88 Å². The minimum Gasteiger partial charge on any atom is -0.377 e. The van der Waals surface area contributed by atoms with Crippen molar-refractivity contribution < 1.29 is 4.39 Å². The molecule has 1 heterocycles. The van der Waals surface area contributed by atoms with E-state index in [9.17, 15) is 9.18 Å². The second-order valence-electron chi connectivity index (χ2n) is 5.32. The van der Waals surface area contributed by atoms with Crippen molar-refractivity contribution in [3.8, 4) is 0 Å². The monoisotopic (exact) mass is 288 g/mol. The maximum absolute atomic E-state index is 13.6. The van der Waals surface area contributed by atoms with E-state index >= 15 is 0 Å². The summed E-state index contributed by atoms with van der Waals surface area (Å²) in [5.41, 5.74) is 2.38. The van der Waals surface area contributed by atoms with Gasteiger partial charge >= 0.3 is 0 Å². The standard InChI is InChI=1S/C17H21FN2O/c1-4-9-20-11-15(7-8-17(20)21)19-13(3)14-6-5-12(2)16(18)10-14/h5-8,10-11,13,19H,4,9H2,1-3H3. The van der Waals surface area contributed by atoms with E-state index in [0.29, 0.717) is 12.1 Å². The molecule has 1 aromatic carbocycles. The molecule has 1 N–H and O–H groups in total. The number of halogens is 1. The molecule has 0 aliphatic rings. The van der Waals surface area contributed by atoms with E-state index in [2.05, 4.69) is 5.32 Å². The van der Waals surface area contributed by atoms with Crippen LogP contribution in [0.1, 0.15) is 37.4 Å². The Morgan fingerprint density at radius 2 is 2.05 bits per heavy atom. The minimum absolute atomic E-state index is 0.00330. The van der Waals surface area contributed by atoms with Crippen LogP contribution in [0.4, 0.5) is 10.1 Å². The molecule has 0 radical (unpaired) electrons. The fraction of sp³-hybridized carbons (Fsp3) is 0.353. The zero-order valence-electron chi connectivity index (χ0n) is 12.7. The number of hydrogen-bond acceptors (Lipinski definition) is 2. The lowest BCUT2D eigenvalue weighted by Crippen LogP contribution is -2.19. The highest BCUT2D eigenvalue weighted by Crippen LogP contribution is 2.20. The first kappa shape index (κ1) is 15.3. The highest BCUT2D eigenvalue weighted by molar-refractivity contribution is 5.43. The van der Waals surface area contributed by atoms with Gasteiger partial charge in [0, 0.05) is 24.8 Å². The predicted molar refractivity (Wildman–Crippen MR) is 84.2 cm³/mol. The number of aromatic nitrogens is 1. The molecule has 1 atom stereocenters. The van der Waals surface area contributed by atoms with Crippen molar-refractivity contribution in [2.45, 2.75) is 39.8 Å². The van der Waals surface area contributed by atoms with Crippen molar-refractivity contribution in [3.63, 3.8) is 0 Å². The Morgan fingerprint density at radius 1 is 1.29 bits per heavy atom. The van der Waals surface area contributed by atoms with Crippen LogP contribution in [0, 0.1) is 12.7 Å². The Bertz CT molecular complexity index is 679. The van der Waals surface area contributed by atoms with Crippen LogP contribution in [-0.4, -0.2) is 4.57 Å². The van der Waals surface area contributed by atoms with Crippen molar-refractivity contribution in [2.75, 3.05) is 5.32 Å². The van der Waals surface area contributed by atoms with Crippen molar-refractivity contribution in [1.29, 1.82) is 0 Å². The summed E-state index contributed by atoms with van der Waals surface area (Å²) in [4.78, 5) is 11.7. The van der Waals surface area contributed by atoms with Crippen LogP contribution >= 0.6 is 0 Å². The number of hydrogen-bond donors (Lipinski definition) is 1. The number of aryl methyl sites for hydroxylation is 2. The Balaban J connectivity index is 2.18. The number of nitrogens with one attached hydrogen (secondary N) is 1. The molecule has 4 heteroatoms. The normalized spacial score (nSPS) is 12.2. The molecule has 3 nitrogen and oxygen atoms in total. The molecule has 0 aliphatic heterocycles. The molecule has 1 unspecified atom stereocenters. The molecule has 0 bridgehead atoms. The van der Waals surface area contributed by atoms with Crippen LogP contribution in [0.2, 0.25) is 0 Å². The van der Waals surface area contributed by atoms with Crippen LogP contribution in [0.5, 0.6) is 0 Å². The fourth-order valence-electron chi connectivity index (χ4n) is 2.24. The van der Waals surface area contributed by atoms with Crippen molar-refractivity contribution in [1.82, 2.24) is 4.57 Å². The van der Waals surface area contributed by atoms with E-state index in [1.165, 1.54) is 0 Å². The lowest BCUT2D eigenvalue weighted by Gasteiger charge is -2.17. The topological polar surface area (TPSA) is 34.0 Å². The van der Waals surface area contributed by atoms with Crippen LogP contribution in [0.15, 0.2) is 41.3 Å². The summed E-state index contributed by atoms with van der Waals surface area (Å²) in [6.07, 6.45) is 2.72. The Labute approximate surface area is 124 Å². The van der Waals surface area contributed by atoms with E-state index in [1.807, 2.05) is 26.1 Å². The molecule has 1 aromatic heterocycles. The maximum Gasteiger partial charge on any atom is 0.250 e. The van der Waals surface area contributed by atoms with Gasteiger partial charge in [0.05, 0.1) is 5.69 Å². The average Bonchev–Trinajstić information content (AvgIpc) is 2.45. The van der Waals surface area contributed by atoms with E-state index in [1.54, 1.807) is 35.8 Å². The average molecular weight is 288 g/mol. The SMILES string of the molecule is CCCn1cc(NC(C)c2ccc(C)c(F)c2)ccc1=O. The van der Waals surface area contributed by atoms with Crippen LogP contribution < -0.4 is 10.9 Å². The van der Waals surface area contributed by atoms with Gasteiger partial charge in [-0.1, -0.05) is 19.1 Å². The molecule has 112 valence electrons. The van der Waals surface area contributed by atoms with Gasteiger partial charge in [0.1, 0.15) is 5.82 Å². The molecule has 0 fully saturated rings. The van der Waals surface area contributed by atoms with Crippen LogP contribution in [0.25, 0.3) is 0 Å². The molecule has 0 amide bonds. The first-order chi connectivity index (χ1) is 10.0. The second kappa shape index (κ2) is 6.57. The van der Waals surface area contributed by atoms with E-state index in [0.717, 1.165) is 17.7 Å². The van der Waals surface area contributed by atoms with E-state index in [-0.39, 0.29) is 17.4 Å². The fourth-order valence-corrected chi connectivity index (χ4v) is 2.24. The van der Waals surface area contributed by atoms with Crippen LogP contribution in [0.3, 0.4) is 0 Å². The van der Waals surface area contributed by atoms with Crippen LogP contribution in [-0.2, 0) is 6.54 Å². The molecular formula is C17H21FN2O. The highest BCUT2D eigenvalue weighted by Gasteiger charge is 2.08. The summed E-state index contributed by atoms with van der Waals surface area (Å²) in [5.74, 6) is -0.197. The number of pyridine rings is 1. The highest BCUT2D eigenvalue weighted by atomic mass is 19.1. The van der Waals surface area contributed by atoms with Crippen molar-refractivity contribution in [2.24, 2.45) is 0 Å². The summed E-state index contributed by atoms with van der Waals surface area (Å²) in [5, 5.41) is 3.30. The summed E-state index contributed by atoms with van der Waals surface area (Å²) in [6.45, 7) is 6.45. The Hall–Kier alpha value is -2.10.